The number of pyridine rings is 1. The van der Waals surface area contributed by atoms with Crippen molar-refractivity contribution in [2.75, 3.05) is 0 Å². The molecule has 0 N–H and O–H groups in total. The highest BCUT2D eigenvalue weighted by Gasteiger charge is 2.15. The zero-order valence-corrected chi connectivity index (χ0v) is 13.3. The fraction of sp³-hybridized carbons (Fsp3) is 0.200. The number of hydrogen-bond acceptors (Lipinski definition) is 2. The van der Waals surface area contributed by atoms with Crippen molar-refractivity contribution in [3.8, 4) is 0 Å². The predicted molar refractivity (Wildman–Crippen MR) is 85.0 cm³/mol. The summed E-state index contributed by atoms with van der Waals surface area (Å²) in [6, 6.07) is 10.2. The molecule has 0 fully saturated rings. The standard InChI is InChI=1S/C15H13BrClN3/c1-10(17)15-19-13-8-18-6-5-14(13)20(15)9-11-3-2-4-12(16)7-11/h2-8,10H,9H2,1H3. The lowest BCUT2D eigenvalue weighted by Gasteiger charge is -2.11. The lowest BCUT2D eigenvalue weighted by molar-refractivity contribution is 0.742. The summed E-state index contributed by atoms with van der Waals surface area (Å²) in [6.45, 7) is 2.68. The fourth-order valence-electron chi connectivity index (χ4n) is 2.29. The lowest BCUT2D eigenvalue weighted by Crippen LogP contribution is -2.05. The van der Waals surface area contributed by atoms with Crippen molar-refractivity contribution >= 4 is 38.6 Å². The van der Waals surface area contributed by atoms with E-state index < -0.39 is 0 Å². The number of aromatic nitrogens is 3. The van der Waals surface area contributed by atoms with Crippen molar-refractivity contribution in [3.63, 3.8) is 0 Å². The number of hydrogen-bond donors (Lipinski definition) is 0. The van der Waals surface area contributed by atoms with Crippen LogP contribution in [-0.4, -0.2) is 14.5 Å². The molecule has 1 unspecified atom stereocenters. The minimum Gasteiger partial charge on any atom is -0.322 e. The molecule has 2 heterocycles. The number of rotatable bonds is 3. The molecule has 0 radical (unpaired) electrons. The van der Waals surface area contributed by atoms with Gasteiger partial charge in [-0.15, -0.1) is 11.6 Å². The summed E-state index contributed by atoms with van der Waals surface area (Å²) in [6.07, 6.45) is 3.56. The molecular formula is C15H13BrClN3. The number of nitrogens with zero attached hydrogens (tertiary/aromatic N) is 3. The topological polar surface area (TPSA) is 30.7 Å². The third kappa shape index (κ3) is 2.58. The van der Waals surface area contributed by atoms with Gasteiger partial charge < -0.3 is 4.57 Å². The van der Waals surface area contributed by atoms with Crippen LogP contribution in [0.3, 0.4) is 0 Å². The van der Waals surface area contributed by atoms with Crippen LogP contribution in [0.4, 0.5) is 0 Å². The molecule has 0 amide bonds. The van der Waals surface area contributed by atoms with Gasteiger partial charge >= 0.3 is 0 Å². The summed E-state index contributed by atoms with van der Waals surface area (Å²) >= 11 is 9.77. The Labute approximate surface area is 130 Å². The first-order chi connectivity index (χ1) is 9.65. The Morgan fingerprint density at radius 1 is 1.35 bits per heavy atom. The highest BCUT2D eigenvalue weighted by Crippen LogP contribution is 2.25. The molecule has 5 heteroatoms. The molecule has 3 aromatic rings. The largest absolute Gasteiger partial charge is 0.322 e. The maximum atomic E-state index is 6.26. The van der Waals surface area contributed by atoms with E-state index in [2.05, 4.69) is 42.6 Å². The van der Waals surface area contributed by atoms with Gasteiger partial charge in [-0.2, -0.15) is 0 Å². The van der Waals surface area contributed by atoms with E-state index in [1.807, 2.05) is 25.1 Å². The second-order valence-corrected chi connectivity index (χ2v) is 6.24. The van der Waals surface area contributed by atoms with Gasteiger partial charge in [0.1, 0.15) is 11.3 Å². The minimum atomic E-state index is -0.144. The average Bonchev–Trinajstić information content (AvgIpc) is 2.78. The van der Waals surface area contributed by atoms with Gasteiger partial charge in [-0.3, -0.25) is 4.98 Å². The zero-order valence-electron chi connectivity index (χ0n) is 10.9. The van der Waals surface area contributed by atoms with Crippen molar-refractivity contribution in [2.24, 2.45) is 0 Å². The van der Waals surface area contributed by atoms with Crippen molar-refractivity contribution < 1.29 is 0 Å². The van der Waals surface area contributed by atoms with Crippen LogP contribution in [0.1, 0.15) is 23.7 Å². The van der Waals surface area contributed by atoms with Gasteiger partial charge in [0, 0.05) is 17.2 Å². The fourth-order valence-corrected chi connectivity index (χ4v) is 2.90. The van der Waals surface area contributed by atoms with Crippen molar-refractivity contribution in [1.82, 2.24) is 14.5 Å². The van der Waals surface area contributed by atoms with E-state index in [0.29, 0.717) is 0 Å². The van der Waals surface area contributed by atoms with E-state index in [9.17, 15) is 0 Å². The van der Waals surface area contributed by atoms with Crippen LogP contribution in [0.15, 0.2) is 47.2 Å². The quantitative estimate of drug-likeness (QED) is 0.649. The minimum absolute atomic E-state index is 0.144. The normalized spacial score (nSPS) is 12.8. The van der Waals surface area contributed by atoms with Gasteiger partial charge in [0.25, 0.3) is 0 Å². The van der Waals surface area contributed by atoms with Crippen LogP contribution in [0.5, 0.6) is 0 Å². The first kappa shape index (κ1) is 13.6. The van der Waals surface area contributed by atoms with E-state index >= 15 is 0 Å². The Balaban J connectivity index is 2.11. The van der Waals surface area contributed by atoms with Crippen molar-refractivity contribution in [3.05, 3.63) is 58.6 Å². The van der Waals surface area contributed by atoms with Crippen molar-refractivity contribution in [2.45, 2.75) is 18.8 Å². The van der Waals surface area contributed by atoms with Crippen molar-refractivity contribution in [1.29, 1.82) is 0 Å². The van der Waals surface area contributed by atoms with Gasteiger partial charge in [-0.25, -0.2) is 4.98 Å². The van der Waals surface area contributed by atoms with Crippen LogP contribution in [0.2, 0.25) is 0 Å². The highest BCUT2D eigenvalue weighted by molar-refractivity contribution is 9.10. The maximum Gasteiger partial charge on any atom is 0.128 e. The van der Waals surface area contributed by atoms with Crippen LogP contribution >= 0.6 is 27.5 Å². The third-order valence-electron chi connectivity index (χ3n) is 3.17. The summed E-state index contributed by atoms with van der Waals surface area (Å²) in [5.41, 5.74) is 3.14. The molecule has 0 aliphatic rings. The smallest absolute Gasteiger partial charge is 0.128 e. The molecule has 3 nitrogen and oxygen atoms in total. The zero-order chi connectivity index (χ0) is 14.1. The Morgan fingerprint density at radius 3 is 2.95 bits per heavy atom. The molecule has 0 saturated heterocycles. The molecule has 2 aromatic heterocycles. The Morgan fingerprint density at radius 2 is 2.20 bits per heavy atom. The molecular weight excluding hydrogens is 338 g/mol. The monoisotopic (exact) mass is 349 g/mol. The molecule has 1 aromatic carbocycles. The number of benzene rings is 1. The molecule has 1 atom stereocenters. The predicted octanol–water partition coefficient (Wildman–Crippen LogP) is 4.54. The molecule has 0 saturated carbocycles. The van der Waals surface area contributed by atoms with Crippen LogP contribution in [-0.2, 0) is 6.54 Å². The number of fused-ring (bicyclic) bond motifs is 1. The van der Waals surface area contributed by atoms with E-state index in [-0.39, 0.29) is 5.38 Å². The summed E-state index contributed by atoms with van der Waals surface area (Å²) in [4.78, 5) is 8.71. The SMILES string of the molecule is CC(Cl)c1nc2cnccc2n1Cc1cccc(Br)c1. The Bertz CT molecular complexity index is 752. The first-order valence-corrected chi connectivity index (χ1v) is 7.57. The Hall–Kier alpha value is -1.39. The summed E-state index contributed by atoms with van der Waals surface area (Å²) in [7, 11) is 0. The van der Waals surface area contributed by atoms with E-state index in [1.54, 1.807) is 12.4 Å². The summed E-state index contributed by atoms with van der Waals surface area (Å²) in [5.74, 6) is 0.870. The maximum absolute atomic E-state index is 6.26. The summed E-state index contributed by atoms with van der Waals surface area (Å²) in [5, 5.41) is -0.144. The molecule has 0 spiro atoms. The number of imidazole rings is 1. The molecule has 3 rings (SSSR count). The van der Waals surface area contributed by atoms with E-state index in [1.165, 1.54) is 5.56 Å². The average molecular weight is 351 g/mol. The van der Waals surface area contributed by atoms with Crippen LogP contribution in [0.25, 0.3) is 11.0 Å². The van der Waals surface area contributed by atoms with Gasteiger partial charge in [-0.05, 0) is 30.7 Å². The third-order valence-corrected chi connectivity index (χ3v) is 3.85. The molecule has 20 heavy (non-hydrogen) atoms. The molecule has 0 bridgehead atoms. The van der Waals surface area contributed by atoms with E-state index in [4.69, 9.17) is 11.6 Å². The first-order valence-electron chi connectivity index (χ1n) is 6.34. The van der Waals surface area contributed by atoms with Gasteiger partial charge in [0.05, 0.1) is 17.1 Å². The van der Waals surface area contributed by atoms with Crippen LogP contribution in [0, 0.1) is 0 Å². The second kappa shape index (κ2) is 5.54. The van der Waals surface area contributed by atoms with Gasteiger partial charge in [-0.1, -0.05) is 28.1 Å². The number of halogens is 2. The van der Waals surface area contributed by atoms with E-state index in [0.717, 1.165) is 27.9 Å². The highest BCUT2D eigenvalue weighted by atomic mass is 79.9. The van der Waals surface area contributed by atoms with Gasteiger partial charge in [0.2, 0.25) is 0 Å². The lowest BCUT2D eigenvalue weighted by atomic mass is 10.2. The molecule has 0 aliphatic heterocycles. The second-order valence-electron chi connectivity index (χ2n) is 4.67. The molecule has 102 valence electrons. The van der Waals surface area contributed by atoms with Gasteiger partial charge in [0.15, 0.2) is 0 Å². The summed E-state index contributed by atoms with van der Waals surface area (Å²) < 4.78 is 3.22. The van der Waals surface area contributed by atoms with Crippen LogP contribution < -0.4 is 0 Å². The number of alkyl halides is 1. The molecule has 0 aliphatic carbocycles. The Kier molecular flexibility index (Phi) is 3.76.